The second kappa shape index (κ2) is 6.54. The Kier molecular flexibility index (Phi) is 4.49. The first kappa shape index (κ1) is 15.1. The van der Waals surface area contributed by atoms with E-state index in [9.17, 15) is 4.79 Å². The zero-order valence-corrected chi connectivity index (χ0v) is 13.1. The molecule has 3 rings (SSSR count). The van der Waals surface area contributed by atoms with Gasteiger partial charge >= 0.3 is 0 Å². The Morgan fingerprint density at radius 1 is 1.09 bits per heavy atom. The van der Waals surface area contributed by atoms with Gasteiger partial charge < -0.3 is 25.2 Å². The highest BCUT2D eigenvalue weighted by Gasteiger charge is 2.21. The number of ether oxygens (including phenoxy) is 1. The molecule has 0 bridgehead atoms. The predicted molar refractivity (Wildman–Crippen MR) is 87.3 cm³/mol. The van der Waals surface area contributed by atoms with Crippen molar-refractivity contribution in [3.63, 3.8) is 0 Å². The summed E-state index contributed by atoms with van der Waals surface area (Å²) in [5.41, 5.74) is 8.59. The Bertz CT molecular complexity index is 535. The Balaban J connectivity index is 1.72. The van der Waals surface area contributed by atoms with Crippen LogP contribution in [0.3, 0.4) is 0 Å². The van der Waals surface area contributed by atoms with Crippen LogP contribution in [0.1, 0.15) is 10.4 Å². The van der Waals surface area contributed by atoms with Gasteiger partial charge in [0.15, 0.2) is 0 Å². The van der Waals surface area contributed by atoms with Crippen LogP contribution in [0.4, 0.5) is 11.4 Å². The first-order chi connectivity index (χ1) is 10.6. The van der Waals surface area contributed by atoms with E-state index < -0.39 is 0 Å². The van der Waals surface area contributed by atoms with E-state index in [1.54, 1.807) is 0 Å². The maximum absolute atomic E-state index is 12.5. The second-order valence-corrected chi connectivity index (χ2v) is 5.97. The maximum Gasteiger partial charge on any atom is 0.254 e. The molecule has 1 amide bonds. The minimum absolute atomic E-state index is 0.0416. The van der Waals surface area contributed by atoms with E-state index in [0.717, 1.165) is 31.9 Å². The molecule has 120 valence electrons. The molecule has 2 N–H and O–H groups in total. The Hall–Kier alpha value is -1.79. The fourth-order valence-electron chi connectivity index (χ4n) is 2.97. The van der Waals surface area contributed by atoms with E-state index in [1.165, 1.54) is 0 Å². The van der Waals surface area contributed by atoms with Crippen LogP contribution in [0, 0.1) is 0 Å². The highest BCUT2D eigenvalue weighted by atomic mass is 16.5. The smallest absolute Gasteiger partial charge is 0.254 e. The fraction of sp³-hybridized carbons (Fsp3) is 0.562. The molecule has 2 aliphatic rings. The minimum Gasteiger partial charge on any atom is -0.397 e. The molecule has 6 nitrogen and oxygen atoms in total. The van der Waals surface area contributed by atoms with Gasteiger partial charge in [-0.05, 0) is 25.2 Å². The van der Waals surface area contributed by atoms with E-state index >= 15 is 0 Å². The third-order valence-corrected chi connectivity index (χ3v) is 4.42. The standard InChI is InChI=1S/C16H24N4O2/c1-18-4-6-19(7-5-18)15-3-2-13(12-14(15)17)16(21)20-8-10-22-11-9-20/h2-3,12H,4-11,17H2,1H3. The predicted octanol–water partition coefficient (Wildman–Crippen LogP) is 0.493. The number of nitrogen functional groups attached to an aromatic ring is 1. The monoisotopic (exact) mass is 304 g/mol. The lowest BCUT2D eigenvalue weighted by Crippen LogP contribution is -2.44. The number of benzene rings is 1. The molecule has 0 unspecified atom stereocenters. The topological polar surface area (TPSA) is 62.0 Å². The van der Waals surface area contributed by atoms with Gasteiger partial charge in [-0.15, -0.1) is 0 Å². The van der Waals surface area contributed by atoms with Crippen LogP contribution in [-0.2, 0) is 4.74 Å². The molecule has 1 aromatic rings. The summed E-state index contributed by atoms with van der Waals surface area (Å²) < 4.78 is 5.29. The number of nitrogens with two attached hydrogens (primary N) is 1. The summed E-state index contributed by atoms with van der Waals surface area (Å²) in [4.78, 5) is 18.9. The highest BCUT2D eigenvalue weighted by Crippen LogP contribution is 2.26. The molecule has 2 heterocycles. The van der Waals surface area contributed by atoms with Gasteiger partial charge in [-0.25, -0.2) is 0 Å². The van der Waals surface area contributed by atoms with Crippen molar-refractivity contribution in [1.29, 1.82) is 0 Å². The number of anilines is 2. The van der Waals surface area contributed by atoms with Crippen LogP contribution >= 0.6 is 0 Å². The van der Waals surface area contributed by atoms with Gasteiger partial charge in [0.1, 0.15) is 0 Å². The summed E-state index contributed by atoms with van der Waals surface area (Å²) in [6.45, 7) is 6.54. The van der Waals surface area contributed by atoms with Crippen molar-refractivity contribution < 1.29 is 9.53 Å². The molecule has 0 aromatic heterocycles. The molecule has 0 radical (unpaired) electrons. The maximum atomic E-state index is 12.5. The highest BCUT2D eigenvalue weighted by molar-refractivity contribution is 5.96. The molecular weight excluding hydrogens is 280 g/mol. The molecule has 2 saturated heterocycles. The number of rotatable bonds is 2. The van der Waals surface area contributed by atoms with Gasteiger partial charge in [-0.1, -0.05) is 0 Å². The van der Waals surface area contributed by atoms with Crippen LogP contribution in [0.15, 0.2) is 18.2 Å². The van der Waals surface area contributed by atoms with E-state index in [1.807, 2.05) is 23.1 Å². The largest absolute Gasteiger partial charge is 0.397 e. The number of hydrogen-bond acceptors (Lipinski definition) is 5. The lowest BCUT2D eigenvalue weighted by atomic mass is 10.1. The van der Waals surface area contributed by atoms with Gasteiger partial charge in [-0.2, -0.15) is 0 Å². The molecule has 0 atom stereocenters. The van der Waals surface area contributed by atoms with Crippen LogP contribution in [0.5, 0.6) is 0 Å². The summed E-state index contributed by atoms with van der Waals surface area (Å²) in [6.07, 6.45) is 0. The lowest BCUT2D eigenvalue weighted by molar-refractivity contribution is 0.0303. The Morgan fingerprint density at radius 2 is 1.77 bits per heavy atom. The third kappa shape index (κ3) is 3.18. The molecule has 1 aromatic carbocycles. The average Bonchev–Trinajstić information content (AvgIpc) is 2.56. The molecular formula is C16H24N4O2. The number of carbonyl (C=O) groups excluding carboxylic acids is 1. The van der Waals surface area contributed by atoms with Crippen molar-refractivity contribution in [3.05, 3.63) is 23.8 Å². The molecule has 6 heteroatoms. The summed E-state index contributed by atoms with van der Waals surface area (Å²) in [5, 5.41) is 0. The van der Waals surface area contributed by atoms with Crippen LogP contribution in [0.2, 0.25) is 0 Å². The Morgan fingerprint density at radius 3 is 2.41 bits per heavy atom. The van der Waals surface area contributed by atoms with Crippen molar-refractivity contribution in [2.75, 3.05) is 70.2 Å². The van der Waals surface area contributed by atoms with Crippen molar-refractivity contribution in [2.24, 2.45) is 0 Å². The summed E-state index contributed by atoms with van der Waals surface area (Å²) in [7, 11) is 2.13. The van der Waals surface area contributed by atoms with Gasteiger partial charge in [0.05, 0.1) is 24.6 Å². The summed E-state index contributed by atoms with van der Waals surface area (Å²) in [6, 6.07) is 5.68. The molecule has 0 aliphatic carbocycles. The van der Waals surface area contributed by atoms with E-state index in [0.29, 0.717) is 37.6 Å². The van der Waals surface area contributed by atoms with Crippen molar-refractivity contribution in [3.8, 4) is 0 Å². The number of piperazine rings is 1. The average molecular weight is 304 g/mol. The zero-order chi connectivity index (χ0) is 15.5. The number of likely N-dealkylation sites (N-methyl/N-ethyl adjacent to an activating group) is 1. The van der Waals surface area contributed by atoms with Gasteiger partial charge in [0.25, 0.3) is 5.91 Å². The normalized spacial score (nSPS) is 20.2. The SMILES string of the molecule is CN1CCN(c2ccc(C(=O)N3CCOCC3)cc2N)CC1. The van der Waals surface area contributed by atoms with Gasteiger partial charge in [0.2, 0.25) is 0 Å². The third-order valence-electron chi connectivity index (χ3n) is 4.42. The zero-order valence-electron chi connectivity index (χ0n) is 13.1. The number of nitrogens with zero attached hydrogens (tertiary/aromatic N) is 3. The first-order valence-electron chi connectivity index (χ1n) is 7.85. The van der Waals surface area contributed by atoms with E-state index in [2.05, 4.69) is 16.8 Å². The van der Waals surface area contributed by atoms with E-state index in [-0.39, 0.29) is 5.91 Å². The number of hydrogen-bond donors (Lipinski definition) is 1. The second-order valence-electron chi connectivity index (χ2n) is 5.97. The number of amides is 1. The van der Waals surface area contributed by atoms with E-state index in [4.69, 9.17) is 10.5 Å². The van der Waals surface area contributed by atoms with Gasteiger partial charge in [-0.3, -0.25) is 4.79 Å². The van der Waals surface area contributed by atoms with Gasteiger partial charge in [0, 0.05) is 44.8 Å². The fourth-order valence-corrected chi connectivity index (χ4v) is 2.97. The van der Waals surface area contributed by atoms with Crippen molar-refractivity contribution in [1.82, 2.24) is 9.80 Å². The summed E-state index contributed by atoms with van der Waals surface area (Å²) >= 11 is 0. The molecule has 2 aliphatic heterocycles. The first-order valence-corrected chi connectivity index (χ1v) is 7.85. The number of morpholine rings is 1. The molecule has 2 fully saturated rings. The van der Waals surface area contributed by atoms with Crippen LogP contribution in [0.25, 0.3) is 0 Å². The number of carbonyl (C=O) groups is 1. The Labute approximate surface area is 131 Å². The molecule has 0 spiro atoms. The van der Waals surface area contributed by atoms with Crippen LogP contribution < -0.4 is 10.6 Å². The quantitative estimate of drug-likeness (QED) is 0.806. The molecule has 0 saturated carbocycles. The lowest BCUT2D eigenvalue weighted by Gasteiger charge is -2.35. The summed E-state index contributed by atoms with van der Waals surface area (Å²) in [5.74, 6) is 0.0416. The minimum atomic E-state index is 0.0416. The molecule has 22 heavy (non-hydrogen) atoms. The van der Waals surface area contributed by atoms with Crippen molar-refractivity contribution >= 4 is 17.3 Å². The van der Waals surface area contributed by atoms with Crippen molar-refractivity contribution in [2.45, 2.75) is 0 Å². The van der Waals surface area contributed by atoms with Crippen LogP contribution in [-0.4, -0.2) is 75.2 Å².